The first-order valence-corrected chi connectivity index (χ1v) is 6.13. The lowest BCUT2D eigenvalue weighted by molar-refractivity contribution is 0.142. The molecule has 0 amide bonds. The average Bonchev–Trinajstić information content (AvgIpc) is 2.54. The molecule has 2 heterocycles. The second-order valence-corrected chi connectivity index (χ2v) is 4.47. The Balaban J connectivity index is 1.67. The Kier molecular flexibility index (Phi) is 4.36. The van der Waals surface area contributed by atoms with Crippen molar-refractivity contribution in [3.05, 3.63) is 18.0 Å². The molecule has 1 aromatic heterocycles. The van der Waals surface area contributed by atoms with E-state index in [4.69, 9.17) is 4.74 Å². The fourth-order valence-electron chi connectivity index (χ4n) is 2.13. The number of nitrogens with zero attached hydrogens (tertiary/aromatic N) is 2. The van der Waals surface area contributed by atoms with Crippen molar-refractivity contribution in [3.8, 4) is 0 Å². The lowest BCUT2D eigenvalue weighted by atomic mass is 10.1. The fourth-order valence-corrected chi connectivity index (χ4v) is 2.13. The molecule has 0 saturated carbocycles. The predicted molar refractivity (Wildman–Crippen MR) is 63.4 cm³/mol. The highest BCUT2D eigenvalue weighted by molar-refractivity contribution is 5.03. The van der Waals surface area contributed by atoms with Gasteiger partial charge in [0, 0.05) is 32.5 Å². The van der Waals surface area contributed by atoms with Crippen molar-refractivity contribution in [2.75, 3.05) is 19.8 Å². The summed E-state index contributed by atoms with van der Waals surface area (Å²) in [4.78, 5) is 0. The maximum absolute atomic E-state index is 5.44. The molecule has 0 aromatic carbocycles. The third kappa shape index (κ3) is 3.61. The molecule has 1 unspecified atom stereocenters. The van der Waals surface area contributed by atoms with Crippen LogP contribution in [0.1, 0.15) is 24.8 Å². The molecule has 1 aliphatic heterocycles. The van der Waals surface area contributed by atoms with Crippen molar-refractivity contribution in [1.82, 2.24) is 15.1 Å². The summed E-state index contributed by atoms with van der Waals surface area (Å²) >= 11 is 0. The van der Waals surface area contributed by atoms with Gasteiger partial charge in [-0.15, -0.1) is 0 Å². The van der Waals surface area contributed by atoms with Crippen LogP contribution in [-0.4, -0.2) is 35.6 Å². The first-order valence-electron chi connectivity index (χ1n) is 6.13. The molecule has 1 fully saturated rings. The van der Waals surface area contributed by atoms with Crippen molar-refractivity contribution in [1.29, 1.82) is 0 Å². The summed E-state index contributed by atoms with van der Waals surface area (Å²) in [5, 5.41) is 7.77. The van der Waals surface area contributed by atoms with E-state index < -0.39 is 0 Å². The van der Waals surface area contributed by atoms with E-state index in [0.717, 1.165) is 32.6 Å². The van der Waals surface area contributed by atoms with E-state index >= 15 is 0 Å². The van der Waals surface area contributed by atoms with Gasteiger partial charge in [0.25, 0.3) is 0 Å². The van der Waals surface area contributed by atoms with Gasteiger partial charge in [0.2, 0.25) is 0 Å². The van der Waals surface area contributed by atoms with Crippen LogP contribution in [0.2, 0.25) is 0 Å². The van der Waals surface area contributed by atoms with E-state index in [1.807, 2.05) is 17.9 Å². The average molecular weight is 223 g/mol. The molecule has 1 aliphatic rings. The van der Waals surface area contributed by atoms with E-state index in [1.54, 1.807) is 0 Å². The Morgan fingerprint density at radius 3 is 3.25 bits per heavy atom. The van der Waals surface area contributed by atoms with Crippen molar-refractivity contribution >= 4 is 0 Å². The van der Waals surface area contributed by atoms with Gasteiger partial charge in [-0.3, -0.25) is 4.68 Å². The normalized spacial score (nSPS) is 21.9. The highest BCUT2D eigenvalue weighted by Crippen LogP contribution is 2.08. The van der Waals surface area contributed by atoms with Crippen molar-refractivity contribution in [2.24, 2.45) is 7.05 Å². The van der Waals surface area contributed by atoms with Crippen LogP contribution in [0.25, 0.3) is 0 Å². The maximum atomic E-state index is 5.44. The van der Waals surface area contributed by atoms with Gasteiger partial charge in [-0.1, -0.05) is 0 Å². The summed E-state index contributed by atoms with van der Waals surface area (Å²) in [5.74, 6) is 0. The van der Waals surface area contributed by atoms with Gasteiger partial charge in [0.05, 0.1) is 6.20 Å². The first kappa shape index (κ1) is 11.6. The Hall–Kier alpha value is -0.870. The zero-order valence-corrected chi connectivity index (χ0v) is 9.98. The van der Waals surface area contributed by atoms with Gasteiger partial charge in [0.1, 0.15) is 0 Å². The smallest absolute Gasteiger partial charge is 0.0522 e. The van der Waals surface area contributed by atoms with Gasteiger partial charge in [-0.25, -0.2) is 0 Å². The number of aryl methyl sites for hydroxylation is 1. The van der Waals surface area contributed by atoms with Crippen LogP contribution in [0.15, 0.2) is 12.4 Å². The second-order valence-electron chi connectivity index (χ2n) is 4.47. The minimum absolute atomic E-state index is 0.638. The summed E-state index contributed by atoms with van der Waals surface area (Å²) in [7, 11) is 1.96. The van der Waals surface area contributed by atoms with Crippen LogP contribution < -0.4 is 5.32 Å². The zero-order valence-electron chi connectivity index (χ0n) is 9.98. The number of nitrogens with one attached hydrogen (secondary N) is 1. The third-order valence-electron chi connectivity index (χ3n) is 3.06. The summed E-state index contributed by atoms with van der Waals surface area (Å²) < 4.78 is 7.30. The van der Waals surface area contributed by atoms with Crippen LogP contribution in [0.3, 0.4) is 0 Å². The maximum Gasteiger partial charge on any atom is 0.0522 e. The standard InChI is InChI=1S/C12H21N3O/c1-15-10-11(9-14-15)4-6-13-12-3-2-7-16-8-5-12/h9-10,12-13H,2-8H2,1H3. The topological polar surface area (TPSA) is 39.1 Å². The molecule has 4 heteroatoms. The lowest BCUT2D eigenvalue weighted by Gasteiger charge is -2.14. The van der Waals surface area contributed by atoms with Crippen LogP contribution in [0.4, 0.5) is 0 Å². The Labute approximate surface area is 97.0 Å². The lowest BCUT2D eigenvalue weighted by Crippen LogP contribution is -2.30. The Morgan fingerprint density at radius 1 is 1.50 bits per heavy atom. The predicted octanol–water partition coefficient (Wildman–Crippen LogP) is 1.12. The molecular formula is C12H21N3O. The summed E-state index contributed by atoms with van der Waals surface area (Å²) in [6.07, 6.45) is 8.66. The first-order chi connectivity index (χ1) is 7.84. The van der Waals surface area contributed by atoms with Gasteiger partial charge < -0.3 is 10.1 Å². The molecule has 90 valence electrons. The molecule has 1 N–H and O–H groups in total. The summed E-state index contributed by atoms with van der Waals surface area (Å²) in [5.41, 5.74) is 1.31. The van der Waals surface area contributed by atoms with E-state index in [-0.39, 0.29) is 0 Å². The van der Waals surface area contributed by atoms with Gasteiger partial charge in [-0.05, 0) is 37.8 Å². The molecule has 4 nitrogen and oxygen atoms in total. The van der Waals surface area contributed by atoms with E-state index in [9.17, 15) is 0 Å². The molecule has 1 aromatic rings. The quantitative estimate of drug-likeness (QED) is 0.831. The molecular weight excluding hydrogens is 202 g/mol. The molecule has 16 heavy (non-hydrogen) atoms. The van der Waals surface area contributed by atoms with Crippen LogP contribution in [0, 0.1) is 0 Å². The van der Waals surface area contributed by atoms with E-state index in [2.05, 4.69) is 16.6 Å². The van der Waals surface area contributed by atoms with Crippen molar-refractivity contribution < 1.29 is 4.74 Å². The van der Waals surface area contributed by atoms with Crippen LogP contribution >= 0.6 is 0 Å². The fraction of sp³-hybridized carbons (Fsp3) is 0.750. The number of rotatable bonds is 4. The Morgan fingerprint density at radius 2 is 2.44 bits per heavy atom. The summed E-state index contributed by atoms with van der Waals surface area (Å²) in [6.45, 7) is 2.88. The highest BCUT2D eigenvalue weighted by Gasteiger charge is 2.11. The molecule has 0 bridgehead atoms. The molecule has 1 atom stereocenters. The highest BCUT2D eigenvalue weighted by atomic mass is 16.5. The molecule has 0 aliphatic carbocycles. The largest absolute Gasteiger partial charge is 0.381 e. The molecule has 2 rings (SSSR count). The van der Waals surface area contributed by atoms with E-state index in [0.29, 0.717) is 6.04 Å². The minimum Gasteiger partial charge on any atom is -0.381 e. The van der Waals surface area contributed by atoms with E-state index in [1.165, 1.54) is 18.4 Å². The van der Waals surface area contributed by atoms with Crippen LogP contribution in [0.5, 0.6) is 0 Å². The van der Waals surface area contributed by atoms with Gasteiger partial charge in [0.15, 0.2) is 0 Å². The van der Waals surface area contributed by atoms with Gasteiger partial charge >= 0.3 is 0 Å². The number of ether oxygens (including phenoxy) is 1. The zero-order chi connectivity index (χ0) is 11.2. The monoisotopic (exact) mass is 223 g/mol. The molecule has 0 spiro atoms. The van der Waals surface area contributed by atoms with Crippen molar-refractivity contribution in [3.63, 3.8) is 0 Å². The molecule has 1 saturated heterocycles. The number of hydrogen-bond donors (Lipinski definition) is 1. The second kappa shape index (κ2) is 6.01. The number of aromatic nitrogens is 2. The molecule has 0 radical (unpaired) electrons. The minimum atomic E-state index is 0.638. The third-order valence-corrected chi connectivity index (χ3v) is 3.06. The SMILES string of the molecule is Cn1cc(CCNC2CCCOCC2)cn1. The van der Waals surface area contributed by atoms with Crippen molar-refractivity contribution in [2.45, 2.75) is 31.7 Å². The summed E-state index contributed by atoms with van der Waals surface area (Å²) in [6, 6.07) is 0.638. The number of hydrogen-bond acceptors (Lipinski definition) is 3. The van der Waals surface area contributed by atoms with Gasteiger partial charge in [-0.2, -0.15) is 5.10 Å². The van der Waals surface area contributed by atoms with Crippen LogP contribution in [-0.2, 0) is 18.2 Å². The Bertz CT molecular complexity index is 303.